The molecule has 5 N–H and O–H groups in total. The zero-order chi connectivity index (χ0) is 25.4. The third-order valence-electron chi connectivity index (χ3n) is 6.48. The zero-order valence-corrected chi connectivity index (χ0v) is 22.1. The van der Waals surface area contributed by atoms with Gasteiger partial charge in [-0.1, -0.05) is 103 Å². The van der Waals surface area contributed by atoms with E-state index in [0.29, 0.717) is 12.8 Å². The topological polar surface area (TPSA) is 110 Å². The Balaban J connectivity index is 4.03. The summed E-state index contributed by atoms with van der Waals surface area (Å²) in [6, 6.07) is -0.991. The molecule has 1 amide bonds. The molecule has 0 aliphatic carbocycles. The predicted octanol–water partition coefficient (Wildman–Crippen LogP) is 5.16. The van der Waals surface area contributed by atoms with Gasteiger partial charge in [0.05, 0.1) is 18.8 Å². The highest BCUT2D eigenvalue weighted by atomic mass is 16.3. The van der Waals surface area contributed by atoms with Crippen LogP contribution in [0.1, 0.15) is 129 Å². The second-order valence-corrected chi connectivity index (χ2v) is 9.74. The van der Waals surface area contributed by atoms with Crippen molar-refractivity contribution in [1.82, 2.24) is 5.32 Å². The lowest BCUT2D eigenvalue weighted by atomic mass is 10.00. The largest absolute Gasteiger partial charge is 0.394 e. The van der Waals surface area contributed by atoms with Crippen LogP contribution in [0.15, 0.2) is 12.2 Å². The number of hydrogen-bond acceptors (Lipinski definition) is 5. The minimum Gasteiger partial charge on any atom is -0.394 e. The van der Waals surface area contributed by atoms with Crippen molar-refractivity contribution in [2.45, 2.75) is 154 Å². The van der Waals surface area contributed by atoms with E-state index < -0.39 is 36.9 Å². The highest BCUT2D eigenvalue weighted by molar-refractivity contribution is 5.80. The van der Waals surface area contributed by atoms with Crippen molar-refractivity contribution >= 4 is 5.91 Å². The van der Waals surface area contributed by atoms with Crippen molar-refractivity contribution in [1.29, 1.82) is 0 Å². The number of hydrogen-bond donors (Lipinski definition) is 5. The second kappa shape index (κ2) is 23.8. The van der Waals surface area contributed by atoms with E-state index in [0.717, 1.165) is 38.5 Å². The average molecular weight is 486 g/mol. The van der Waals surface area contributed by atoms with Crippen LogP contribution in [0.5, 0.6) is 0 Å². The van der Waals surface area contributed by atoms with Crippen LogP contribution < -0.4 is 5.32 Å². The zero-order valence-electron chi connectivity index (χ0n) is 22.1. The lowest BCUT2D eigenvalue weighted by Gasteiger charge is -2.27. The molecule has 0 aromatic rings. The Morgan fingerprint density at radius 3 is 1.76 bits per heavy atom. The fraction of sp³-hybridized carbons (Fsp3) is 0.893. The summed E-state index contributed by atoms with van der Waals surface area (Å²) in [7, 11) is 0. The summed E-state index contributed by atoms with van der Waals surface area (Å²) in [4.78, 5) is 12.2. The monoisotopic (exact) mass is 485 g/mol. The minimum atomic E-state index is -1.27. The van der Waals surface area contributed by atoms with Gasteiger partial charge >= 0.3 is 0 Å². The lowest BCUT2D eigenvalue weighted by Crippen LogP contribution is -2.53. The number of nitrogens with one attached hydrogen (secondary N) is 1. The molecule has 6 heteroatoms. The molecule has 0 radical (unpaired) electrons. The number of rotatable bonds is 24. The van der Waals surface area contributed by atoms with Gasteiger partial charge in [0.25, 0.3) is 0 Å². The van der Waals surface area contributed by atoms with Gasteiger partial charge in [-0.3, -0.25) is 4.79 Å². The molecule has 0 saturated heterocycles. The van der Waals surface area contributed by atoms with Gasteiger partial charge in [0.1, 0.15) is 12.2 Å². The molecular weight excluding hydrogens is 430 g/mol. The summed E-state index contributed by atoms with van der Waals surface area (Å²) in [6.07, 6.45) is 19.6. The van der Waals surface area contributed by atoms with Gasteiger partial charge in [-0.05, 0) is 38.5 Å². The van der Waals surface area contributed by atoms with Crippen molar-refractivity contribution in [2.75, 3.05) is 6.61 Å². The third-order valence-corrected chi connectivity index (χ3v) is 6.48. The first-order valence-corrected chi connectivity index (χ1v) is 14.1. The van der Waals surface area contributed by atoms with Gasteiger partial charge in [0.2, 0.25) is 5.91 Å². The number of aliphatic hydroxyl groups is 4. The first kappa shape index (κ1) is 33.0. The van der Waals surface area contributed by atoms with Gasteiger partial charge < -0.3 is 25.7 Å². The molecule has 34 heavy (non-hydrogen) atoms. The van der Waals surface area contributed by atoms with Gasteiger partial charge in [0, 0.05) is 0 Å². The minimum absolute atomic E-state index is 0.364. The molecule has 0 aromatic heterocycles. The molecule has 202 valence electrons. The lowest BCUT2D eigenvalue weighted by molar-refractivity contribution is -0.132. The SMILES string of the molecule is CCCCCCC/C=C/CCCC(O)C(O)C(CO)NC(=O)C(O)CCCCCCCCCC. The molecule has 0 saturated carbocycles. The smallest absolute Gasteiger partial charge is 0.249 e. The van der Waals surface area contributed by atoms with Crippen molar-refractivity contribution in [3.8, 4) is 0 Å². The van der Waals surface area contributed by atoms with E-state index in [2.05, 4.69) is 31.3 Å². The summed E-state index contributed by atoms with van der Waals surface area (Å²) >= 11 is 0. The molecule has 0 aromatic carbocycles. The van der Waals surface area contributed by atoms with Crippen molar-refractivity contribution in [3.05, 3.63) is 12.2 Å². The number of aliphatic hydroxyl groups excluding tert-OH is 4. The molecule has 0 spiro atoms. The Kier molecular flexibility index (Phi) is 23.1. The Labute approximate surface area is 209 Å². The molecule has 0 aliphatic heterocycles. The number of carbonyl (C=O) groups is 1. The summed E-state index contributed by atoms with van der Waals surface area (Å²) in [5.41, 5.74) is 0. The number of carbonyl (C=O) groups excluding carboxylic acids is 1. The first-order valence-electron chi connectivity index (χ1n) is 14.1. The highest BCUT2D eigenvalue weighted by Crippen LogP contribution is 2.13. The quantitative estimate of drug-likeness (QED) is 0.0957. The van der Waals surface area contributed by atoms with Crippen molar-refractivity contribution < 1.29 is 25.2 Å². The molecule has 0 bridgehead atoms. The molecule has 0 fully saturated rings. The van der Waals surface area contributed by atoms with Crippen LogP contribution in [0.3, 0.4) is 0 Å². The van der Waals surface area contributed by atoms with E-state index in [1.807, 2.05) is 0 Å². The van der Waals surface area contributed by atoms with Gasteiger partial charge in [-0.2, -0.15) is 0 Å². The maximum atomic E-state index is 12.2. The standard InChI is InChI=1S/C28H55NO5/c1-3-5-7-9-11-13-14-16-17-19-21-25(31)27(33)24(23-30)29-28(34)26(32)22-20-18-15-12-10-8-6-4-2/h14,16,24-27,30-33H,3-13,15,17-23H2,1-2H3,(H,29,34)/b16-14+. The van der Waals surface area contributed by atoms with E-state index >= 15 is 0 Å². The third kappa shape index (κ3) is 18.4. The highest BCUT2D eigenvalue weighted by Gasteiger charge is 2.28. The summed E-state index contributed by atoms with van der Waals surface area (Å²) < 4.78 is 0. The van der Waals surface area contributed by atoms with Crippen LogP contribution in [0.2, 0.25) is 0 Å². The summed E-state index contributed by atoms with van der Waals surface area (Å²) in [5, 5.41) is 42.8. The van der Waals surface area contributed by atoms with Crippen molar-refractivity contribution in [2.24, 2.45) is 0 Å². The maximum Gasteiger partial charge on any atom is 0.249 e. The van der Waals surface area contributed by atoms with E-state index in [4.69, 9.17) is 0 Å². The second-order valence-electron chi connectivity index (χ2n) is 9.74. The Morgan fingerprint density at radius 1 is 0.706 bits per heavy atom. The first-order chi connectivity index (χ1) is 16.5. The van der Waals surface area contributed by atoms with Gasteiger partial charge in [-0.25, -0.2) is 0 Å². The molecule has 0 heterocycles. The Bertz CT molecular complexity index is 485. The van der Waals surface area contributed by atoms with Crippen molar-refractivity contribution in [3.63, 3.8) is 0 Å². The van der Waals surface area contributed by atoms with E-state index in [1.54, 1.807) is 0 Å². The Hall–Kier alpha value is -0.950. The number of unbranched alkanes of at least 4 members (excludes halogenated alkanes) is 13. The molecular formula is C28H55NO5. The number of allylic oxidation sites excluding steroid dienone is 2. The van der Waals surface area contributed by atoms with Crippen LogP contribution in [0, 0.1) is 0 Å². The number of amides is 1. The van der Waals surface area contributed by atoms with E-state index in [-0.39, 0.29) is 0 Å². The fourth-order valence-electron chi connectivity index (χ4n) is 4.11. The predicted molar refractivity (Wildman–Crippen MR) is 141 cm³/mol. The van der Waals surface area contributed by atoms with Crippen LogP contribution in [0.25, 0.3) is 0 Å². The molecule has 6 nitrogen and oxygen atoms in total. The Morgan fingerprint density at radius 2 is 1.21 bits per heavy atom. The molecule has 4 unspecified atom stereocenters. The van der Waals surface area contributed by atoms with Gasteiger partial charge in [0.15, 0.2) is 0 Å². The van der Waals surface area contributed by atoms with Crippen LogP contribution in [0.4, 0.5) is 0 Å². The van der Waals surface area contributed by atoms with E-state index in [9.17, 15) is 25.2 Å². The normalized spacial score (nSPS) is 15.4. The molecule has 4 atom stereocenters. The van der Waals surface area contributed by atoms with Gasteiger partial charge in [-0.15, -0.1) is 0 Å². The molecule has 0 rings (SSSR count). The van der Waals surface area contributed by atoms with Crippen LogP contribution in [-0.4, -0.2) is 57.3 Å². The van der Waals surface area contributed by atoms with E-state index in [1.165, 1.54) is 64.2 Å². The molecule has 0 aliphatic rings. The average Bonchev–Trinajstić information content (AvgIpc) is 2.84. The summed E-state index contributed by atoms with van der Waals surface area (Å²) in [5.74, 6) is -0.602. The van der Waals surface area contributed by atoms with Crippen LogP contribution in [-0.2, 0) is 4.79 Å². The van der Waals surface area contributed by atoms with Crippen LogP contribution >= 0.6 is 0 Å². The fourth-order valence-corrected chi connectivity index (χ4v) is 4.11. The summed E-state index contributed by atoms with van der Waals surface area (Å²) in [6.45, 7) is 3.92. The maximum absolute atomic E-state index is 12.2.